The number of fused-ring (bicyclic) bond motifs is 1. The van der Waals surface area contributed by atoms with Gasteiger partial charge in [0.05, 0.1) is 16.9 Å². The van der Waals surface area contributed by atoms with Crippen molar-refractivity contribution < 1.29 is 4.79 Å². The molecule has 0 fully saturated rings. The molecule has 1 atom stereocenters. The summed E-state index contributed by atoms with van der Waals surface area (Å²) >= 11 is 5.91. The van der Waals surface area contributed by atoms with Crippen molar-refractivity contribution in [2.45, 2.75) is 32.2 Å². The number of halogens is 1. The highest BCUT2D eigenvalue weighted by atomic mass is 35.5. The maximum Gasteiger partial charge on any atom is 0.258 e. The van der Waals surface area contributed by atoms with Gasteiger partial charge in [0.25, 0.3) is 5.56 Å². The first kappa shape index (κ1) is 18.1. The summed E-state index contributed by atoms with van der Waals surface area (Å²) in [6, 6.07) is 14.6. The molecule has 0 spiro atoms. The summed E-state index contributed by atoms with van der Waals surface area (Å²) in [5.74, 6) is 0.436. The monoisotopic (exact) mass is 369 g/mol. The molecule has 3 aromatic rings. The predicted molar refractivity (Wildman–Crippen MR) is 103 cm³/mol. The van der Waals surface area contributed by atoms with Crippen LogP contribution in [0.4, 0.5) is 0 Å². The Hall–Kier alpha value is -2.66. The van der Waals surface area contributed by atoms with Gasteiger partial charge >= 0.3 is 0 Å². The van der Waals surface area contributed by atoms with Crippen molar-refractivity contribution in [2.24, 2.45) is 0 Å². The van der Waals surface area contributed by atoms with E-state index in [0.29, 0.717) is 28.2 Å². The smallest absolute Gasteiger partial charge is 0.258 e. The number of aryl methyl sites for hydroxylation is 1. The molecule has 2 aromatic carbocycles. The molecule has 1 unspecified atom stereocenters. The van der Waals surface area contributed by atoms with Crippen LogP contribution >= 0.6 is 11.6 Å². The van der Waals surface area contributed by atoms with Crippen LogP contribution < -0.4 is 10.9 Å². The van der Waals surface area contributed by atoms with Gasteiger partial charge in [0, 0.05) is 17.9 Å². The van der Waals surface area contributed by atoms with Gasteiger partial charge in [-0.3, -0.25) is 9.59 Å². The van der Waals surface area contributed by atoms with Gasteiger partial charge in [0.2, 0.25) is 5.91 Å². The number of nitrogens with one attached hydrogen (secondary N) is 2. The first-order chi connectivity index (χ1) is 12.6. The Morgan fingerprint density at radius 1 is 1.19 bits per heavy atom. The van der Waals surface area contributed by atoms with E-state index < -0.39 is 0 Å². The predicted octanol–water partition coefficient (Wildman–Crippen LogP) is 3.78. The van der Waals surface area contributed by atoms with Crippen molar-refractivity contribution in [3.63, 3.8) is 0 Å². The molecule has 26 heavy (non-hydrogen) atoms. The summed E-state index contributed by atoms with van der Waals surface area (Å²) in [6.45, 7) is 2.02. The average molecular weight is 370 g/mol. The molecule has 134 valence electrons. The Labute approximate surface area is 156 Å². The lowest BCUT2D eigenvalue weighted by molar-refractivity contribution is -0.121. The van der Waals surface area contributed by atoms with Crippen LogP contribution in [0.1, 0.15) is 37.2 Å². The van der Waals surface area contributed by atoms with Gasteiger partial charge in [-0.15, -0.1) is 0 Å². The number of amides is 1. The molecule has 0 aliphatic carbocycles. The second-order valence-electron chi connectivity index (χ2n) is 6.11. The van der Waals surface area contributed by atoms with E-state index in [-0.39, 0.29) is 23.9 Å². The topological polar surface area (TPSA) is 74.8 Å². The van der Waals surface area contributed by atoms with E-state index in [0.717, 1.165) is 12.0 Å². The van der Waals surface area contributed by atoms with Crippen molar-refractivity contribution in [3.05, 3.63) is 75.3 Å². The van der Waals surface area contributed by atoms with Crippen LogP contribution in [0.15, 0.2) is 53.3 Å². The van der Waals surface area contributed by atoms with Gasteiger partial charge in [-0.05, 0) is 36.2 Å². The summed E-state index contributed by atoms with van der Waals surface area (Å²) in [5, 5.41) is 4.24. The van der Waals surface area contributed by atoms with Crippen molar-refractivity contribution in [3.8, 4) is 0 Å². The fraction of sp³-hybridized carbons (Fsp3) is 0.250. The van der Waals surface area contributed by atoms with E-state index in [1.807, 2.05) is 37.3 Å². The lowest BCUT2D eigenvalue weighted by Crippen LogP contribution is -2.28. The number of hydrogen-bond acceptors (Lipinski definition) is 3. The summed E-state index contributed by atoms with van der Waals surface area (Å²) in [4.78, 5) is 31.6. The zero-order valence-corrected chi connectivity index (χ0v) is 15.2. The summed E-state index contributed by atoms with van der Waals surface area (Å²) in [5.41, 5.74) is 1.47. The third-order valence-electron chi connectivity index (χ3n) is 4.27. The van der Waals surface area contributed by atoms with Gasteiger partial charge in [-0.1, -0.05) is 42.8 Å². The second-order valence-corrected chi connectivity index (χ2v) is 6.55. The number of para-hydroxylation sites is 1. The van der Waals surface area contributed by atoms with E-state index in [1.165, 1.54) is 0 Å². The van der Waals surface area contributed by atoms with Crippen LogP contribution in [0.2, 0.25) is 5.02 Å². The minimum atomic E-state index is -0.182. The van der Waals surface area contributed by atoms with E-state index >= 15 is 0 Å². The van der Waals surface area contributed by atoms with Gasteiger partial charge in [-0.2, -0.15) is 0 Å². The molecule has 1 amide bonds. The normalized spacial score (nSPS) is 12.1. The van der Waals surface area contributed by atoms with Crippen LogP contribution in [-0.4, -0.2) is 15.9 Å². The molecule has 1 heterocycles. The highest BCUT2D eigenvalue weighted by Crippen LogP contribution is 2.19. The minimum absolute atomic E-state index is 0.0663. The molecule has 0 bridgehead atoms. The minimum Gasteiger partial charge on any atom is -0.349 e. The lowest BCUT2D eigenvalue weighted by atomic mass is 10.0. The Morgan fingerprint density at radius 2 is 1.92 bits per heavy atom. The van der Waals surface area contributed by atoms with Gasteiger partial charge in [0.15, 0.2) is 0 Å². The number of aromatic amines is 1. The largest absolute Gasteiger partial charge is 0.349 e. The zero-order valence-electron chi connectivity index (χ0n) is 14.5. The molecule has 3 rings (SSSR count). The van der Waals surface area contributed by atoms with E-state index in [9.17, 15) is 9.59 Å². The van der Waals surface area contributed by atoms with E-state index in [1.54, 1.807) is 18.2 Å². The molecular formula is C20H20ClN3O2. The molecule has 0 saturated carbocycles. The van der Waals surface area contributed by atoms with Gasteiger partial charge in [0.1, 0.15) is 5.82 Å². The second kappa shape index (κ2) is 8.15. The van der Waals surface area contributed by atoms with Crippen LogP contribution in [-0.2, 0) is 11.2 Å². The fourth-order valence-electron chi connectivity index (χ4n) is 2.87. The third kappa shape index (κ3) is 4.29. The van der Waals surface area contributed by atoms with Gasteiger partial charge < -0.3 is 10.3 Å². The number of benzene rings is 2. The Morgan fingerprint density at radius 3 is 2.65 bits per heavy atom. The average Bonchev–Trinajstić information content (AvgIpc) is 2.65. The number of rotatable bonds is 6. The SMILES string of the molecule is CCC(NC(=O)CCc1nc2ccccc2c(=O)[nH]1)c1ccc(Cl)cc1. The Kier molecular flexibility index (Phi) is 5.68. The summed E-state index contributed by atoms with van der Waals surface area (Å²) < 4.78 is 0. The van der Waals surface area contributed by atoms with E-state index in [2.05, 4.69) is 15.3 Å². The number of carbonyl (C=O) groups is 1. The molecule has 1 aromatic heterocycles. The standard InChI is InChI=1S/C20H20ClN3O2/c1-2-16(13-7-9-14(21)10-8-13)23-19(25)12-11-18-22-17-6-4-3-5-15(17)20(26)24-18/h3-10,16H,2,11-12H2,1H3,(H,23,25)(H,22,24,26). The first-order valence-corrected chi connectivity index (χ1v) is 8.97. The van der Waals surface area contributed by atoms with Crippen molar-refractivity contribution in [1.82, 2.24) is 15.3 Å². The lowest BCUT2D eigenvalue weighted by Gasteiger charge is -2.17. The number of nitrogens with zero attached hydrogens (tertiary/aromatic N) is 1. The third-order valence-corrected chi connectivity index (χ3v) is 4.52. The quantitative estimate of drug-likeness (QED) is 0.694. The molecule has 0 aliphatic heterocycles. The molecule has 0 saturated heterocycles. The summed E-state index contributed by atoms with van der Waals surface area (Å²) in [6.07, 6.45) is 1.41. The maximum absolute atomic E-state index is 12.3. The van der Waals surface area contributed by atoms with Gasteiger partial charge in [-0.25, -0.2) is 4.98 Å². The first-order valence-electron chi connectivity index (χ1n) is 8.59. The highest BCUT2D eigenvalue weighted by molar-refractivity contribution is 6.30. The van der Waals surface area contributed by atoms with Crippen molar-refractivity contribution in [1.29, 1.82) is 0 Å². The number of hydrogen-bond donors (Lipinski definition) is 2. The van der Waals surface area contributed by atoms with Crippen molar-refractivity contribution >= 4 is 28.4 Å². The van der Waals surface area contributed by atoms with E-state index in [4.69, 9.17) is 11.6 Å². The molecule has 2 N–H and O–H groups in total. The Bertz CT molecular complexity index is 967. The van der Waals surface area contributed by atoms with Crippen LogP contribution in [0, 0.1) is 0 Å². The maximum atomic E-state index is 12.3. The molecule has 0 aliphatic rings. The molecule has 0 radical (unpaired) electrons. The summed E-state index contributed by atoms with van der Waals surface area (Å²) in [7, 11) is 0. The van der Waals surface area contributed by atoms with Crippen LogP contribution in [0.3, 0.4) is 0 Å². The number of aromatic nitrogens is 2. The Balaban J connectivity index is 1.65. The zero-order chi connectivity index (χ0) is 18.5. The molecule has 5 nitrogen and oxygen atoms in total. The van der Waals surface area contributed by atoms with Crippen molar-refractivity contribution in [2.75, 3.05) is 0 Å². The fourth-order valence-corrected chi connectivity index (χ4v) is 2.99. The number of carbonyl (C=O) groups excluding carboxylic acids is 1. The van der Waals surface area contributed by atoms with Crippen LogP contribution in [0.5, 0.6) is 0 Å². The number of H-pyrrole nitrogens is 1. The highest BCUT2D eigenvalue weighted by Gasteiger charge is 2.13. The molecular weight excluding hydrogens is 350 g/mol. The van der Waals surface area contributed by atoms with Crippen LogP contribution in [0.25, 0.3) is 10.9 Å². The molecule has 6 heteroatoms.